The molecule has 0 spiro atoms. The first-order valence-corrected chi connectivity index (χ1v) is 7.03. The van der Waals surface area contributed by atoms with Crippen molar-refractivity contribution in [3.8, 4) is 0 Å². The number of methoxy groups -OCH3 is 1. The molecule has 11 heteroatoms. The van der Waals surface area contributed by atoms with Crippen LogP contribution in [0.4, 0.5) is 8.78 Å². The Bertz CT molecular complexity index is 543. The third kappa shape index (κ3) is 2.66. The van der Waals surface area contributed by atoms with Gasteiger partial charge < -0.3 is 19.9 Å². The molecule has 1 fully saturated rings. The molecule has 22 heavy (non-hydrogen) atoms. The summed E-state index contributed by atoms with van der Waals surface area (Å²) >= 11 is 0.0890. The van der Waals surface area contributed by atoms with Crippen molar-refractivity contribution in [2.45, 2.75) is 17.7 Å². The molecule has 2 aliphatic rings. The van der Waals surface area contributed by atoms with E-state index in [9.17, 15) is 23.2 Å². The molecule has 1 saturated heterocycles. The number of carbonyl (C=O) groups is 3. The number of halogens is 2. The molecule has 122 valence electrons. The fourth-order valence-corrected chi connectivity index (χ4v) is 2.53. The first-order valence-electron chi connectivity index (χ1n) is 5.98. The van der Waals surface area contributed by atoms with Gasteiger partial charge in [0.25, 0.3) is 17.4 Å². The van der Waals surface area contributed by atoms with Crippen LogP contribution in [0.2, 0.25) is 0 Å². The SMILES string of the molecule is COC1(NC(=O)CSC(F)F)C(=O)N2C(C(=O)O)=CCOC21. The predicted octanol–water partition coefficient (Wildman–Crippen LogP) is -0.432. The van der Waals surface area contributed by atoms with Gasteiger partial charge in [0.1, 0.15) is 5.70 Å². The Kier molecular flexibility index (Phi) is 4.68. The lowest BCUT2D eigenvalue weighted by atomic mass is 9.96. The van der Waals surface area contributed by atoms with Crippen molar-refractivity contribution >= 4 is 29.5 Å². The highest BCUT2D eigenvalue weighted by Gasteiger charge is 2.66. The quantitative estimate of drug-likeness (QED) is 0.500. The molecule has 0 bridgehead atoms. The summed E-state index contributed by atoms with van der Waals surface area (Å²) < 4.78 is 34.4. The molecule has 2 amide bonds. The minimum atomic E-state index is -2.73. The van der Waals surface area contributed by atoms with Crippen molar-refractivity contribution in [2.75, 3.05) is 19.5 Å². The standard InChI is InChI=1S/C11H12F2N2O6S/c1-20-11(14-6(16)4-22-10(12)13)8(19)15-5(7(17)18)2-3-21-9(11)15/h2,9-10H,3-4H2,1H3,(H,14,16)(H,17,18). The monoisotopic (exact) mass is 338 g/mol. The third-order valence-corrected chi connectivity index (χ3v) is 3.80. The summed E-state index contributed by atoms with van der Waals surface area (Å²) in [6.07, 6.45) is 0.0340. The van der Waals surface area contributed by atoms with Gasteiger partial charge in [-0.2, -0.15) is 8.78 Å². The lowest BCUT2D eigenvalue weighted by Gasteiger charge is -2.54. The topological polar surface area (TPSA) is 105 Å². The fraction of sp³-hybridized carbons (Fsp3) is 0.545. The number of hydrogen-bond donors (Lipinski definition) is 2. The number of hydrogen-bond acceptors (Lipinski definition) is 6. The van der Waals surface area contributed by atoms with Crippen molar-refractivity contribution in [3.05, 3.63) is 11.8 Å². The van der Waals surface area contributed by atoms with E-state index < -0.39 is 41.2 Å². The normalized spacial score (nSPS) is 27.1. The molecule has 2 N–H and O–H groups in total. The number of nitrogens with one attached hydrogen (secondary N) is 1. The summed E-state index contributed by atoms with van der Waals surface area (Å²) in [6.45, 7) is -0.0944. The molecule has 0 aromatic heterocycles. The van der Waals surface area contributed by atoms with Gasteiger partial charge in [0.05, 0.1) is 12.4 Å². The summed E-state index contributed by atoms with van der Waals surface area (Å²) in [5.74, 6) is -6.33. The van der Waals surface area contributed by atoms with Crippen LogP contribution in [0.5, 0.6) is 0 Å². The zero-order valence-electron chi connectivity index (χ0n) is 11.2. The molecule has 2 unspecified atom stereocenters. The predicted molar refractivity (Wildman–Crippen MR) is 68.6 cm³/mol. The second-order valence-corrected chi connectivity index (χ2v) is 5.29. The number of carboxylic acid groups (broad SMARTS) is 1. The Labute approximate surface area is 127 Å². The van der Waals surface area contributed by atoms with Crippen molar-refractivity contribution in [2.24, 2.45) is 0 Å². The molecule has 0 radical (unpaired) electrons. The molecule has 0 aromatic carbocycles. The lowest BCUT2D eigenvalue weighted by molar-refractivity contribution is -0.256. The largest absolute Gasteiger partial charge is 0.477 e. The maximum absolute atomic E-state index is 12.2. The Morgan fingerprint density at radius 1 is 1.68 bits per heavy atom. The summed E-state index contributed by atoms with van der Waals surface area (Å²) in [7, 11) is 1.12. The number of nitrogens with zero attached hydrogens (tertiary/aromatic N) is 1. The minimum absolute atomic E-state index is 0.0890. The molecule has 2 atom stereocenters. The van der Waals surface area contributed by atoms with Crippen LogP contribution in [0.15, 0.2) is 11.8 Å². The first-order chi connectivity index (χ1) is 10.3. The number of thioether (sulfide) groups is 1. The van der Waals surface area contributed by atoms with Crippen molar-refractivity contribution in [3.63, 3.8) is 0 Å². The number of rotatable bonds is 6. The summed E-state index contributed by atoms with van der Waals surface area (Å²) in [5.41, 5.74) is -2.19. The van der Waals surface area contributed by atoms with E-state index in [-0.39, 0.29) is 24.1 Å². The van der Waals surface area contributed by atoms with E-state index in [1.165, 1.54) is 6.08 Å². The minimum Gasteiger partial charge on any atom is -0.477 e. The number of aliphatic carboxylic acids is 1. The summed E-state index contributed by atoms with van der Waals surface area (Å²) in [4.78, 5) is 35.7. The van der Waals surface area contributed by atoms with Crippen LogP contribution in [-0.2, 0) is 23.9 Å². The summed E-state index contributed by atoms with van der Waals surface area (Å²) in [6, 6.07) is 0. The van der Waals surface area contributed by atoms with Gasteiger partial charge in [-0.1, -0.05) is 11.8 Å². The van der Waals surface area contributed by atoms with Crippen LogP contribution >= 0.6 is 11.8 Å². The molecular weight excluding hydrogens is 326 g/mol. The zero-order chi connectivity index (χ0) is 16.5. The van der Waals surface area contributed by atoms with E-state index in [1.807, 2.05) is 0 Å². The Balaban J connectivity index is 2.12. The maximum Gasteiger partial charge on any atom is 0.352 e. The van der Waals surface area contributed by atoms with E-state index in [4.69, 9.17) is 14.6 Å². The van der Waals surface area contributed by atoms with Crippen LogP contribution in [0.25, 0.3) is 0 Å². The molecule has 2 heterocycles. The Morgan fingerprint density at radius 2 is 2.36 bits per heavy atom. The van der Waals surface area contributed by atoms with Crippen LogP contribution in [0, 0.1) is 0 Å². The number of carbonyl (C=O) groups excluding carboxylic acids is 2. The molecule has 2 aliphatic heterocycles. The van der Waals surface area contributed by atoms with Crippen molar-refractivity contribution in [1.29, 1.82) is 0 Å². The van der Waals surface area contributed by atoms with Gasteiger partial charge in [0.2, 0.25) is 5.91 Å². The van der Waals surface area contributed by atoms with E-state index in [2.05, 4.69) is 5.32 Å². The Morgan fingerprint density at radius 3 is 2.91 bits per heavy atom. The number of amides is 2. The molecule has 8 nitrogen and oxygen atoms in total. The Hall–Kier alpha value is -1.72. The molecular formula is C11H12F2N2O6S. The molecule has 0 saturated carbocycles. The number of fused-ring (bicyclic) bond motifs is 1. The number of β-lactam (4-membered cyclic amide) rings is 1. The highest BCUT2D eigenvalue weighted by molar-refractivity contribution is 8.00. The van der Waals surface area contributed by atoms with Crippen molar-refractivity contribution in [1.82, 2.24) is 10.2 Å². The number of carboxylic acids is 1. The molecule has 0 aromatic rings. The van der Waals surface area contributed by atoms with Gasteiger partial charge in [-0.15, -0.1) is 0 Å². The zero-order valence-corrected chi connectivity index (χ0v) is 12.1. The first kappa shape index (κ1) is 16.6. The van der Waals surface area contributed by atoms with Gasteiger partial charge >= 0.3 is 5.97 Å². The average molecular weight is 338 g/mol. The fourth-order valence-electron chi connectivity index (χ4n) is 2.18. The highest BCUT2D eigenvalue weighted by atomic mass is 32.2. The third-order valence-electron chi connectivity index (χ3n) is 3.12. The van der Waals surface area contributed by atoms with E-state index in [1.54, 1.807) is 0 Å². The van der Waals surface area contributed by atoms with Gasteiger partial charge in [0.15, 0.2) is 6.23 Å². The van der Waals surface area contributed by atoms with Crippen LogP contribution < -0.4 is 5.32 Å². The lowest BCUT2D eigenvalue weighted by Crippen LogP contribution is -2.82. The van der Waals surface area contributed by atoms with Crippen LogP contribution in [0.1, 0.15) is 0 Å². The van der Waals surface area contributed by atoms with E-state index in [0.29, 0.717) is 0 Å². The van der Waals surface area contributed by atoms with Gasteiger partial charge in [-0.3, -0.25) is 14.5 Å². The molecule has 2 rings (SSSR count). The smallest absolute Gasteiger partial charge is 0.352 e. The van der Waals surface area contributed by atoms with Gasteiger partial charge in [0, 0.05) is 7.11 Å². The van der Waals surface area contributed by atoms with Crippen LogP contribution in [0.3, 0.4) is 0 Å². The second kappa shape index (κ2) is 6.18. The van der Waals surface area contributed by atoms with E-state index in [0.717, 1.165) is 12.0 Å². The average Bonchev–Trinajstić information content (AvgIpc) is 2.49. The number of ether oxygens (including phenoxy) is 2. The molecule has 0 aliphatic carbocycles. The van der Waals surface area contributed by atoms with Gasteiger partial charge in [-0.05, 0) is 6.08 Å². The van der Waals surface area contributed by atoms with E-state index >= 15 is 0 Å². The van der Waals surface area contributed by atoms with Crippen molar-refractivity contribution < 1.29 is 37.7 Å². The van der Waals surface area contributed by atoms with Crippen LogP contribution in [-0.4, -0.2) is 65.0 Å². The second-order valence-electron chi connectivity index (χ2n) is 4.31. The maximum atomic E-state index is 12.2. The summed E-state index contributed by atoms with van der Waals surface area (Å²) in [5, 5.41) is 11.2. The van der Waals surface area contributed by atoms with Gasteiger partial charge in [-0.25, -0.2) is 4.79 Å². The highest BCUT2D eigenvalue weighted by Crippen LogP contribution is 2.38. The number of alkyl halides is 2.